The SMILES string of the molecule is CCC(O)CCCc1ccccc1[N+](=O)[O-]. The zero-order chi connectivity index (χ0) is 12.0. The van der Waals surface area contributed by atoms with Gasteiger partial charge in [-0.25, -0.2) is 0 Å². The van der Waals surface area contributed by atoms with Crippen molar-refractivity contribution in [3.63, 3.8) is 0 Å². The van der Waals surface area contributed by atoms with Gasteiger partial charge >= 0.3 is 0 Å². The minimum absolute atomic E-state index is 0.175. The van der Waals surface area contributed by atoms with Gasteiger partial charge in [-0.15, -0.1) is 0 Å². The second-order valence-corrected chi connectivity index (χ2v) is 3.84. The molecular weight excluding hydrogens is 206 g/mol. The summed E-state index contributed by atoms with van der Waals surface area (Å²) in [6, 6.07) is 6.77. The number of aryl methyl sites for hydroxylation is 1. The maximum Gasteiger partial charge on any atom is 0.272 e. The van der Waals surface area contributed by atoms with E-state index in [1.54, 1.807) is 18.2 Å². The van der Waals surface area contributed by atoms with Gasteiger partial charge in [0.15, 0.2) is 0 Å². The van der Waals surface area contributed by atoms with Crippen molar-refractivity contribution >= 4 is 5.69 Å². The number of aliphatic hydroxyl groups excluding tert-OH is 1. The molecule has 4 heteroatoms. The first-order chi connectivity index (χ1) is 7.65. The normalized spacial score (nSPS) is 12.4. The summed E-state index contributed by atoms with van der Waals surface area (Å²) in [7, 11) is 0. The molecule has 0 aliphatic heterocycles. The summed E-state index contributed by atoms with van der Waals surface area (Å²) in [6.45, 7) is 1.93. The molecule has 16 heavy (non-hydrogen) atoms. The molecule has 0 spiro atoms. The molecule has 0 fully saturated rings. The summed E-state index contributed by atoms with van der Waals surface area (Å²) >= 11 is 0. The van der Waals surface area contributed by atoms with Crippen LogP contribution in [0.2, 0.25) is 0 Å². The van der Waals surface area contributed by atoms with Gasteiger partial charge in [0.05, 0.1) is 11.0 Å². The molecule has 0 aliphatic carbocycles. The molecule has 1 N–H and O–H groups in total. The van der Waals surface area contributed by atoms with Gasteiger partial charge in [-0.2, -0.15) is 0 Å². The van der Waals surface area contributed by atoms with E-state index < -0.39 is 0 Å². The van der Waals surface area contributed by atoms with E-state index in [9.17, 15) is 15.2 Å². The topological polar surface area (TPSA) is 63.4 Å². The Morgan fingerprint density at radius 2 is 2.12 bits per heavy atom. The van der Waals surface area contributed by atoms with Gasteiger partial charge in [-0.1, -0.05) is 25.1 Å². The Kier molecular flexibility index (Phi) is 4.92. The van der Waals surface area contributed by atoms with E-state index in [2.05, 4.69) is 0 Å². The van der Waals surface area contributed by atoms with Crippen LogP contribution >= 0.6 is 0 Å². The quantitative estimate of drug-likeness (QED) is 0.595. The van der Waals surface area contributed by atoms with E-state index in [-0.39, 0.29) is 16.7 Å². The first-order valence-corrected chi connectivity index (χ1v) is 5.55. The maximum atomic E-state index is 10.7. The Morgan fingerprint density at radius 1 is 1.44 bits per heavy atom. The molecule has 1 rings (SSSR count). The summed E-state index contributed by atoms with van der Waals surface area (Å²) in [5.74, 6) is 0. The van der Waals surface area contributed by atoms with Gasteiger partial charge < -0.3 is 5.11 Å². The van der Waals surface area contributed by atoms with Crippen LogP contribution in [-0.2, 0) is 6.42 Å². The van der Waals surface area contributed by atoms with Crippen molar-refractivity contribution in [1.29, 1.82) is 0 Å². The molecule has 0 amide bonds. The molecule has 0 saturated heterocycles. The summed E-state index contributed by atoms with van der Waals surface area (Å²) in [6.07, 6.45) is 2.57. The molecule has 1 unspecified atom stereocenters. The molecule has 0 aromatic heterocycles. The fourth-order valence-corrected chi connectivity index (χ4v) is 1.63. The minimum atomic E-state index is -0.356. The number of benzene rings is 1. The van der Waals surface area contributed by atoms with Gasteiger partial charge in [0.1, 0.15) is 0 Å². The van der Waals surface area contributed by atoms with Crippen LogP contribution in [0.15, 0.2) is 24.3 Å². The largest absolute Gasteiger partial charge is 0.393 e. The van der Waals surface area contributed by atoms with Crippen molar-refractivity contribution in [2.75, 3.05) is 0 Å². The average Bonchev–Trinajstić information content (AvgIpc) is 2.29. The summed E-state index contributed by atoms with van der Waals surface area (Å²) < 4.78 is 0. The molecule has 1 aromatic carbocycles. The van der Waals surface area contributed by atoms with E-state index in [1.165, 1.54) is 6.07 Å². The second-order valence-electron chi connectivity index (χ2n) is 3.84. The number of para-hydroxylation sites is 1. The van der Waals surface area contributed by atoms with Crippen LogP contribution in [0, 0.1) is 10.1 Å². The van der Waals surface area contributed by atoms with Crippen LogP contribution in [0.4, 0.5) is 5.69 Å². The first kappa shape index (κ1) is 12.6. The highest BCUT2D eigenvalue weighted by molar-refractivity contribution is 5.39. The summed E-state index contributed by atoms with van der Waals surface area (Å²) in [5, 5.41) is 20.1. The monoisotopic (exact) mass is 223 g/mol. The third-order valence-corrected chi connectivity index (χ3v) is 2.64. The first-order valence-electron chi connectivity index (χ1n) is 5.55. The van der Waals surface area contributed by atoms with Crippen molar-refractivity contribution < 1.29 is 10.0 Å². The third-order valence-electron chi connectivity index (χ3n) is 2.64. The Balaban J connectivity index is 2.56. The second kappa shape index (κ2) is 6.23. The van der Waals surface area contributed by atoms with Crippen molar-refractivity contribution in [2.24, 2.45) is 0 Å². The molecule has 0 heterocycles. The average molecular weight is 223 g/mol. The Bertz CT molecular complexity index is 352. The molecule has 1 atom stereocenters. The lowest BCUT2D eigenvalue weighted by Gasteiger charge is -2.07. The lowest BCUT2D eigenvalue weighted by molar-refractivity contribution is -0.385. The van der Waals surface area contributed by atoms with E-state index in [0.29, 0.717) is 12.8 Å². The van der Waals surface area contributed by atoms with E-state index in [1.807, 2.05) is 6.92 Å². The third kappa shape index (κ3) is 3.62. The molecule has 88 valence electrons. The zero-order valence-electron chi connectivity index (χ0n) is 9.43. The van der Waals surface area contributed by atoms with Crippen LogP contribution in [0.25, 0.3) is 0 Å². The molecule has 4 nitrogen and oxygen atoms in total. The number of hydrogen-bond donors (Lipinski definition) is 1. The van der Waals surface area contributed by atoms with Crippen LogP contribution < -0.4 is 0 Å². The van der Waals surface area contributed by atoms with E-state index in [0.717, 1.165) is 18.4 Å². The Morgan fingerprint density at radius 3 is 2.75 bits per heavy atom. The predicted molar refractivity (Wildman–Crippen MR) is 62.3 cm³/mol. The van der Waals surface area contributed by atoms with Crippen LogP contribution in [-0.4, -0.2) is 16.1 Å². The highest BCUT2D eigenvalue weighted by Gasteiger charge is 2.12. The molecular formula is C12H17NO3. The van der Waals surface area contributed by atoms with Gasteiger partial charge in [0.25, 0.3) is 5.69 Å². The number of hydrogen-bond acceptors (Lipinski definition) is 3. The smallest absolute Gasteiger partial charge is 0.272 e. The van der Waals surface area contributed by atoms with Gasteiger partial charge in [-0.05, 0) is 25.7 Å². The Labute approximate surface area is 95.1 Å². The molecule has 1 aromatic rings. The standard InChI is InChI=1S/C12H17NO3/c1-2-11(14)8-5-7-10-6-3-4-9-12(10)13(15)16/h3-4,6,9,11,14H,2,5,7-8H2,1H3. The lowest BCUT2D eigenvalue weighted by Crippen LogP contribution is -2.05. The van der Waals surface area contributed by atoms with Crippen molar-refractivity contribution in [3.8, 4) is 0 Å². The minimum Gasteiger partial charge on any atom is -0.393 e. The number of nitro benzene ring substituents is 1. The predicted octanol–water partition coefficient (Wildman–Crippen LogP) is 2.69. The summed E-state index contributed by atoms with van der Waals surface area (Å²) in [5.41, 5.74) is 0.921. The van der Waals surface area contributed by atoms with Crippen molar-refractivity contribution in [3.05, 3.63) is 39.9 Å². The van der Waals surface area contributed by atoms with Gasteiger partial charge in [0.2, 0.25) is 0 Å². The van der Waals surface area contributed by atoms with Crippen molar-refractivity contribution in [1.82, 2.24) is 0 Å². The molecule has 0 bridgehead atoms. The summed E-state index contributed by atoms with van der Waals surface area (Å²) in [4.78, 5) is 10.4. The highest BCUT2D eigenvalue weighted by Crippen LogP contribution is 2.20. The number of rotatable bonds is 6. The van der Waals surface area contributed by atoms with Gasteiger partial charge in [-0.3, -0.25) is 10.1 Å². The maximum absolute atomic E-state index is 10.7. The number of nitrogens with zero attached hydrogens (tertiary/aromatic N) is 1. The fraction of sp³-hybridized carbons (Fsp3) is 0.500. The van der Waals surface area contributed by atoms with Crippen LogP contribution in [0.5, 0.6) is 0 Å². The zero-order valence-corrected chi connectivity index (χ0v) is 9.43. The van der Waals surface area contributed by atoms with E-state index in [4.69, 9.17) is 0 Å². The van der Waals surface area contributed by atoms with Crippen LogP contribution in [0.1, 0.15) is 31.7 Å². The Hall–Kier alpha value is -1.42. The number of nitro groups is 1. The highest BCUT2D eigenvalue weighted by atomic mass is 16.6. The molecule has 0 radical (unpaired) electrons. The number of aliphatic hydroxyl groups is 1. The molecule has 0 saturated carbocycles. The fourth-order valence-electron chi connectivity index (χ4n) is 1.63. The van der Waals surface area contributed by atoms with Crippen LogP contribution in [0.3, 0.4) is 0 Å². The van der Waals surface area contributed by atoms with Gasteiger partial charge in [0, 0.05) is 11.6 Å². The molecule has 0 aliphatic rings. The van der Waals surface area contributed by atoms with E-state index >= 15 is 0 Å². The van der Waals surface area contributed by atoms with Crippen molar-refractivity contribution in [2.45, 2.75) is 38.7 Å². The lowest BCUT2D eigenvalue weighted by atomic mass is 10.0.